The molecule has 4 rings (SSSR count). The Morgan fingerprint density at radius 1 is 1.41 bits per heavy atom. The molecule has 1 fully saturated rings. The first-order chi connectivity index (χ1) is 13.3. The van der Waals surface area contributed by atoms with E-state index in [9.17, 15) is 4.79 Å². The van der Waals surface area contributed by atoms with Crippen molar-refractivity contribution in [3.05, 3.63) is 36.5 Å². The van der Waals surface area contributed by atoms with Gasteiger partial charge in [0.05, 0.1) is 24.3 Å². The number of rotatable bonds is 6. The minimum Gasteiger partial charge on any atom is -0.376 e. The van der Waals surface area contributed by atoms with Gasteiger partial charge in [0, 0.05) is 43.0 Å². The van der Waals surface area contributed by atoms with Gasteiger partial charge in [-0.3, -0.25) is 4.79 Å². The predicted octanol–water partition coefficient (Wildman–Crippen LogP) is 2.49. The van der Waals surface area contributed by atoms with E-state index in [4.69, 9.17) is 10.00 Å². The number of nitrogens with zero attached hydrogens (tertiary/aromatic N) is 4. The molecule has 8 heteroatoms. The van der Waals surface area contributed by atoms with E-state index in [-0.39, 0.29) is 12.0 Å². The summed E-state index contributed by atoms with van der Waals surface area (Å²) in [5, 5.41) is 9.82. The van der Waals surface area contributed by atoms with Gasteiger partial charge in [0.1, 0.15) is 17.7 Å². The molecule has 3 aromatic rings. The number of fused-ring (bicyclic) bond motifs is 1. The van der Waals surface area contributed by atoms with Gasteiger partial charge in [0.25, 0.3) is 5.91 Å². The highest BCUT2D eigenvalue weighted by Gasteiger charge is 2.24. The highest BCUT2D eigenvalue weighted by atomic mass is 16.5. The second-order valence-corrected chi connectivity index (χ2v) is 6.56. The van der Waals surface area contributed by atoms with Crippen LogP contribution in [0.4, 0.5) is 0 Å². The molecule has 0 aromatic carbocycles. The van der Waals surface area contributed by atoms with Crippen LogP contribution in [0.3, 0.4) is 0 Å². The molecule has 0 aliphatic carbocycles. The van der Waals surface area contributed by atoms with E-state index in [1.807, 2.05) is 12.3 Å². The molecule has 0 radical (unpaired) electrons. The topological polar surface area (TPSA) is 111 Å². The third-order valence-electron chi connectivity index (χ3n) is 4.77. The maximum absolute atomic E-state index is 13.0. The summed E-state index contributed by atoms with van der Waals surface area (Å²) in [4.78, 5) is 29.4. The second kappa shape index (κ2) is 7.60. The van der Waals surface area contributed by atoms with Crippen LogP contribution in [0.15, 0.2) is 30.9 Å². The Bertz CT molecular complexity index is 979. The molecule has 1 saturated heterocycles. The number of ether oxygens (including phenoxy) is 1. The Kier molecular flexibility index (Phi) is 4.85. The maximum Gasteiger partial charge on any atom is 0.270 e. The van der Waals surface area contributed by atoms with Crippen molar-refractivity contribution in [3.8, 4) is 17.3 Å². The van der Waals surface area contributed by atoms with Gasteiger partial charge in [-0.2, -0.15) is 5.26 Å². The summed E-state index contributed by atoms with van der Waals surface area (Å²) >= 11 is 0. The molecule has 0 spiro atoms. The molecule has 3 aromatic heterocycles. The van der Waals surface area contributed by atoms with Gasteiger partial charge in [-0.05, 0) is 25.0 Å². The van der Waals surface area contributed by atoms with Gasteiger partial charge in [-0.15, -0.1) is 0 Å². The van der Waals surface area contributed by atoms with Crippen LogP contribution in [0.25, 0.3) is 22.3 Å². The number of nitriles is 1. The van der Waals surface area contributed by atoms with Crippen molar-refractivity contribution >= 4 is 16.9 Å². The molecule has 1 amide bonds. The quantitative estimate of drug-likeness (QED) is 0.698. The van der Waals surface area contributed by atoms with Crippen molar-refractivity contribution in [3.63, 3.8) is 0 Å². The normalized spacial score (nSPS) is 16.5. The van der Waals surface area contributed by atoms with Gasteiger partial charge in [-0.1, -0.05) is 0 Å². The summed E-state index contributed by atoms with van der Waals surface area (Å²) < 4.78 is 5.66. The molecule has 138 valence electrons. The van der Waals surface area contributed by atoms with Gasteiger partial charge in [0.15, 0.2) is 0 Å². The van der Waals surface area contributed by atoms with Gasteiger partial charge < -0.3 is 19.6 Å². The van der Waals surface area contributed by atoms with Crippen LogP contribution in [0.2, 0.25) is 0 Å². The predicted molar refractivity (Wildman–Crippen MR) is 98.8 cm³/mol. The zero-order valence-corrected chi connectivity index (χ0v) is 14.8. The smallest absolute Gasteiger partial charge is 0.270 e. The van der Waals surface area contributed by atoms with Crippen molar-refractivity contribution in [1.29, 1.82) is 5.26 Å². The molecule has 1 unspecified atom stereocenters. The summed E-state index contributed by atoms with van der Waals surface area (Å²) in [6.07, 6.45) is 7.38. The van der Waals surface area contributed by atoms with E-state index in [1.165, 1.54) is 6.33 Å². The number of aromatic nitrogens is 4. The fourth-order valence-electron chi connectivity index (χ4n) is 3.42. The lowest BCUT2D eigenvalue weighted by Gasteiger charge is -2.24. The Morgan fingerprint density at radius 3 is 3.15 bits per heavy atom. The number of aromatic amines is 2. The summed E-state index contributed by atoms with van der Waals surface area (Å²) in [7, 11) is 0. The Balaban J connectivity index is 1.57. The molecule has 1 atom stereocenters. The lowest BCUT2D eigenvalue weighted by atomic mass is 10.1. The molecule has 0 saturated carbocycles. The van der Waals surface area contributed by atoms with Crippen LogP contribution < -0.4 is 0 Å². The van der Waals surface area contributed by atoms with Gasteiger partial charge in [0.2, 0.25) is 0 Å². The number of amides is 1. The highest BCUT2D eigenvalue weighted by molar-refractivity contribution is 5.96. The third kappa shape index (κ3) is 3.55. The minimum absolute atomic E-state index is 0.0448. The van der Waals surface area contributed by atoms with E-state index in [1.54, 1.807) is 17.2 Å². The molecule has 4 heterocycles. The highest BCUT2D eigenvalue weighted by Crippen LogP contribution is 2.26. The first-order valence-electron chi connectivity index (χ1n) is 9.01. The number of nitrogens with one attached hydrogen (secondary N) is 2. The molecular formula is C19H20N6O2. The van der Waals surface area contributed by atoms with Crippen LogP contribution in [0.5, 0.6) is 0 Å². The van der Waals surface area contributed by atoms with Crippen molar-refractivity contribution in [2.75, 3.05) is 19.7 Å². The molecular weight excluding hydrogens is 344 g/mol. The van der Waals surface area contributed by atoms with Crippen LogP contribution in [-0.2, 0) is 4.74 Å². The molecule has 27 heavy (non-hydrogen) atoms. The van der Waals surface area contributed by atoms with E-state index >= 15 is 0 Å². The summed E-state index contributed by atoms with van der Waals surface area (Å²) in [5.41, 5.74) is 2.81. The maximum atomic E-state index is 13.0. The molecule has 1 aliphatic heterocycles. The van der Waals surface area contributed by atoms with Gasteiger partial charge in [-0.25, -0.2) is 9.97 Å². The number of H-pyrrole nitrogens is 2. The van der Waals surface area contributed by atoms with Crippen molar-refractivity contribution in [2.24, 2.45) is 0 Å². The van der Waals surface area contributed by atoms with Crippen LogP contribution in [0.1, 0.15) is 29.8 Å². The molecule has 2 N–H and O–H groups in total. The van der Waals surface area contributed by atoms with E-state index in [2.05, 4.69) is 26.0 Å². The first kappa shape index (κ1) is 17.2. The SMILES string of the molecule is N#CCCN(CC1CCCO1)C(=O)c1cc(-c2ncnc3[nH]ccc23)c[nH]1. The average Bonchev–Trinajstić information content (AvgIpc) is 3.45. The largest absolute Gasteiger partial charge is 0.376 e. The number of hydrogen-bond acceptors (Lipinski definition) is 5. The fourth-order valence-corrected chi connectivity index (χ4v) is 3.42. The summed E-state index contributed by atoms with van der Waals surface area (Å²) in [5.74, 6) is -0.133. The van der Waals surface area contributed by atoms with E-state index in [0.29, 0.717) is 25.2 Å². The standard InChI is InChI=1S/C19H20N6O2/c20-5-2-7-25(11-14-3-1-8-27-14)19(26)16-9-13(10-22-16)17-15-4-6-21-18(15)24-12-23-17/h4,6,9-10,12,14,22H,1-3,7-8,11H2,(H,21,23,24). The van der Waals surface area contributed by atoms with Crippen molar-refractivity contribution in [1.82, 2.24) is 24.8 Å². The molecule has 0 bridgehead atoms. The monoisotopic (exact) mass is 364 g/mol. The minimum atomic E-state index is -0.133. The Labute approximate surface area is 156 Å². The lowest BCUT2D eigenvalue weighted by molar-refractivity contribution is 0.0527. The molecule has 1 aliphatic rings. The molecule has 8 nitrogen and oxygen atoms in total. The average molecular weight is 364 g/mol. The number of carbonyl (C=O) groups is 1. The third-order valence-corrected chi connectivity index (χ3v) is 4.77. The number of hydrogen-bond donors (Lipinski definition) is 2. The summed E-state index contributed by atoms with van der Waals surface area (Å²) in [6.45, 7) is 1.63. The zero-order valence-electron chi connectivity index (χ0n) is 14.8. The van der Waals surface area contributed by atoms with Gasteiger partial charge >= 0.3 is 0 Å². The van der Waals surface area contributed by atoms with Crippen LogP contribution in [-0.4, -0.2) is 56.5 Å². The van der Waals surface area contributed by atoms with E-state index < -0.39 is 0 Å². The fraction of sp³-hybridized carbons (Fsp3) is 0.368. The van der Waals surface area contributed by atoms with Crippen molar-refractivity contribution < 1.29 is 9.53 Å². The zero-order chi connectivity index (χ0) is 18.6. The van der Waals surface area contributed by atoms with Crippen LogP contribution in [0, 0.1) is 11.3 Å². The van der Waals surface area contributed by atoms with E-state index in [0.717, 1.165) is 41.7 Å². The van der Waals surface area contributed by atoms with Crippen LogP contribution >= 0.6 is 0 Å². The lowest BCUT2D eigenvalue weighted by Crippen LogP contribution is -2.38. The Morgan fingerprint density at radius 2 is 2.33 bits per heavy atom. The second-order valence-electron chi connectivity index (χ2n) is 6.56. The van der Waals surface area contributed by atoms with Crippen molar-refractivity contribution in [2.45, 2.75) is 25.4 Å². The Hall–Kier alpha value is -3.18. The summed E-state index contributed by atoms with van der Waals surface area (Å²) in [6, 6.07) is 5.82. The first-order valence-corrected chi connectivity index (χ1v) is 9.01. The number of carbonyl (C=O) groups excluding carboxylic acids is 1.